The number of fused-ring (bicyclic) bond motifs is 1. The van der Waals surface area contributed by atoms with Crippen molar-refractivity contribution >= 4 is 23.3 Å². The van der Waals surface area contributed by atoms with Crippen molar-refractivity contribution in [2.24, 2.45) is 0 Å². The fourth-order valence-electron chi connectivity index (χ4n) is 3.41. The Balaban J connectivity index is 2.00. The second-order valence-electron chi connectivity index (χ2n) is 6.08. The number of hydrogen-bond donors (Lipinski definition) is 2. The van der Waals surface area contributed by atoms with Crippen molar-refractivity contribution < 1.29 is 14.7 Å². The molecule has 1 amide bonds. The van der Waals surface area contributed by atoms with Crippen LogP contribution in [0.4, 0.5) is 11.4 Å². The molecule has 2 N–H and O–H groups in total. The first kappa shape index (κ1) is 16.1. The van der Waals surface area contributed by atoms with Crippen molar-refractivity contribution in [1.82, 2.24) is 0 Å². The summed E-state index contributed by atoms with van der Waals surface area (Å²) in [4.78, 5) is 25.2. The number of benzene rings is 2. The topological polar surface area (TPSA) is 69.6 Å². The summed E-state index contributed by atoms with van der Waals surface area (Å²) in [6, 6.07) is 14.6. The lowest BCUT2D eigenvalue weighted by Gasteiger charge is -2.39. The molecule has 2 aromatic carbocycles. The third-order valence-electron chi connectivity index (χ3n) is 4.42. The number of rotatable bonds is 3. The minimum absolute atomic E-state index is 0.0133. The predicted octanol–water partition coefficient (Wildman–Crippen LogP) is 3.68. The number of carbonyl (C=O) groups is 2. The van der Waals surface area contributed by atoms with Gasteiger partial charge in [-0.15, -0.1) is 0 Å². The van der Waals surface area contributed by atoms with Crippen molar-refractivity contribution in [3.05, 3.63) is 59.7 Å². The lowest BCUT2D eigenvalue weighted by atomic mass is 9.91. The zero-order valence-corrected chi connectivity index (χ0v) is 13.7. The Hall–Kier alpha value is -2.82. The molecule has 2 atom stereocenters. The van der Waals surface area contributed by atoms with Gasteiger partial charge >= 0.3 is 5.97 Å². The Morgan fingerprint density at radius 3 is 2.50 bits per heavy atom. The van der Waals surface area contributed by atoms with Crippen LogP contribution in [0.15, 0.2) is 48.5 Å². The van der Waals surface area contributed by atoms with E-state index in [0.717, 1.165) is 11.3 Å². The fourth-order valence-corrected chi connectivity index (χ4v) is 3.41. The lowest BCUT2D eigenvalue weighted by Crippen LogP contribution is -2.43. The maximum absolute atomic E-state index is 12.0. The van der Waals surface area contributed by atoms with Gasteiger partial charge in [-0.3, -0.25) is 4.79 Å². The van der Waals surface area contributed by atoms with Crippen LogP contribution in [0.2, 0.25) is 0 Å². The molecular formula is C19H20N2O3. The van der Waals surface area contributed by atoms with Gasteiger partial charge in [-0.1, -0.05) is 30.3 Å². The first-order valence-corrected chi connectivity index (χ1v) is 7.96. The maximum atomic E-state index is 12.0. The average molecular weight is 324 g/mol. The van der Waals surface area contributed by atoms with Crippen LogP contribution < -0.4 is 10.2 Å². The molecule has 2 aromatic rings. The molecule has 1 aliphatic heterocycles. The summed E-state index contributed by atoms with van der Waals surface area (Å²) in [5.41, 5.74) is 2.73. The van der Waals surface area contributed by atoms with Gasteiger partial charge in [0.05, 0.1) is 11.6 Å². The van der Waals surface area contributed by atoms with E-state index >= 15 is 0 Å². The second-order valence-corrected chi connectivity index (χ2v) is 6.08. The minimum atomic E-state index is -0.958. The molecule has 1 heterocycles. The fraction of sp³-hybridized carbons (Fsp3) is 0.263. The number of carboxylic acids is 1. The monoisotopic (exact) mass is 324 g/mol. The number of carbonyl (C=O) groups excluding carboxylic acids is 1. The Morgan fingerprint density at radius 2 is 1.79 bits per heavy atom. The minimum Gasteiger partial charge on any atom is -0.478 e. The molecule has 0 bridgehead atoms. The van der Waals surface area contributed by atoms with Crippen LogP contribution in [0.3, 0.4) is 0 Å². The van der Waals surface area contributed by atoms with Gasteiger partial charge in [-0.05, 0) is 37.1 Å². The van der Waals surface area contributed by atoms with Gasteiger partial charge in [0.25, 0.3) is 0 Å². The zero-order chi connectivity index (χ0) is 17.3. The summed E-state index contributed by atoms with van der Waals surface area (Å²) in [5.74, 6) is -0.944. The van der Waals surface area contributed by atoms with Gasteiger partial charge in [-0.2, -0.15) is 0 Å². The Morgan fingerprint density at radius 1 is 1.12 bits per heavy atom. The summed E-state index contributed by atoms with van der Waals surface area (Å²) < 4.78 is 0. The summed E-state index contributed by atoms with van der Waals surface area (Å²) >= 11 is 0. The van der Waals surface area contributed by atoms with E-state index in [1.165, 1.54) is 0 Å². The Bertz CT molecular complexity index is 788. The molecule has 0 fully saturated rings. The molecule has 3 rings (SSSR count). The highest BCUT2D eigenvalue weighted by atomic mass is 16.4. The van der Waals surface area contributed by atoms with Gasteiger partial charge in [0.2, 0.25) is 5.91 Å². The number of anilines is 2. The van der Waals surface area contributed by atoms with E-state index in [-0.39, 0.29) is 23.6 Å². The van der Waals surface area contributed by atoms with E-state index in [2.05, 4.69) is 5.32 Å². The van der Waals surface area contributed by atoms with E-state index < -0.39 is 5.97 Å². The van der Waals surface area contributed by atoms with Crippen LogP contribution in [0.5, 0.6) is 0 Å². The zero-order valence-electron chi connectivity index (χ0n) is 13.7. The van der Waals surface area contributed by atoms with Crippen molar-refractivity contribution in [3.63, 3.8) is 0 Å². The van der Waals surface area contributed by atoms with E-state index in [1.807, 2.05) is 37.3 Å². The highest BCUT2D eigenvalue weighted by Crippen LogP contribution is 2.39. The second kappa shape index (κ2) is 6.35. The molecule has 0 saturated heterocycles. The lowest BCUT2D eigenvalue weighted by molar-refractivity contribution is -0.117. The van der Waals surface area contributed by atoms with Crippen LogP contribution in [0.25, 0.3) is 0 Å². The van der Waals surface area contributed by atoms with Crippen LogP contribution in [-0.4, -0.2) is 23.0 Å². The first-order valence-electron chi connectivity index (χ1n) is 7.96. The highest BCUT2D eigenvalue weighted by Gasteiger charge is 2.32. The van der Waals surface area contributed by atoms with E-state index in [4.69, 9.17) is 0 Å². The molecule has 5 nitrogen and oxygen atoms in total. The van der Waals surface area contributed by atoms with Crippen molar-refractivity contribution in [2.45, 2.75) is 32.4 Å². The molecule has 0 spiro atoms. The van der Waals surface area contributed by atoms with Crippen LogP contribution in [0.1, 0.15) is 42.2 Å². The van der Waals surface area contributed by atoms with E-state index in [9.17, 15) is 14.7 Å². The van der Waals surface area contributed by atoms with Crippen molar-refractivity contribution in [2.75, 3.05) is 10.2 Å². The predicted molar refractivity (Wildman–Crippen MR) is 93.4 cm³/mol. The number of para-hydroxylation sites is 2. The van der Waals surface area contributed by atoms with Gasteiger partial charge in [0.1, 0.15) is 0 Å². The molecular weight excluding hydrogens is 304 g/mol. The smallest absolute Gasteiger partial charge is 0.337 e. The maximum Gasteiger partial charge on any atom is 0.337 e. The van der Waals surface area contributed by atoms with Crippen LogP contribution >= 0.6 is 0 Å². The molecule has 0 saturated carbocycles. The summed E-state index contributed by atoms with van der Waals surface area (Å²) in [6.45, 7) is 3.58. The summed E-state index contributed by atoms with van der Waals surface area (Å²) in [5, 5.41) is 12.7. The Labute approximate surface area is 140 Å². The molecule has 0 radical (unpaired) electrons. The molecule has 0 aromatic heterocycles. The summed E-state index contributed by atoms with van der Waals surface area (Å²) in [7, 11) is 0. The molecule has 1 aliphatic rings. The number of hydrogen-bond acceptors (Lipinski definition) is 3. The van der Waals surface area contributed by atoms with Crippen molar-refractivity contribution in [1.29, 1.82) is 0 Å². The molecule has 5 heteroatoms. The van der Waals surface area contributed by atoms with Gasteiger partial charge in [-0.25, -0.2) is 4.79 Å². The molecule has 2 unspecified atom stereocenters. The SMILES string of the molecule is CC(=O)N1c2ccccc2C(Nc2ccccc2C(=O)O)CC1C. The number of aromatic carboxylic acids is 1. The number of nitrogens with zero attached hydrogens (tertiary/aromatic N) is 1. The third-order valence-corrected chi connectivity index (χ3v) is 4.42. The van der Waals surface area contributed by atoms with Crippen LogP contribution in [-0.2, 0) is 4.79 Å². The quantitative estimate of drug-likeness (QED) is 0.903. The molecule has 24 heavy (non-hydrogen) atoms. The average Bonchev–Trinajstić information content (AvgIpc) is 2.54. The van der Waals surface area contributed by atoms with Gasteiger partial charge in [0.15, 0.2) is 0 Å². The first-order chi connectivity index (χ1) is 11.5. The highest BCUT2D eigenvalue weighted by molar-refractivity contribution is 5.95. The number of nitrogens with one attached hydrogen (secondary N) is 1. The van der Waals surface area contributed by atoms with Crippen molar-refractivity contribution in [3.8, 4) is 0 Å². The largest absolute Gasteiger partial charge is 0.478 e. The Kier molecular flexibility index (Phi) is 4.25. The molecule has 0 aliphatic carbocycles. The summed E-state index contributed by atoms with van der Waals surface area (Å²) in [6.07, 6.45) is 0.713. The normalized spacial score (nSPS) is 19.5. The third kappa shape index (κ3) is 2.85. The van der Waals surface area contributed by atoms with E-state index in [1.54, 1.807) is 30.0 Å². The number of carboxylic acid groups (broad SMARTS) is 1. The standard InChI is InChI=1S/C19H20N2O3/c1-12-11-17(20-16-9-5-3-8-15(16)19(23)24)14-7-4-6-10-18(14)21(12)13(2)22/h3-10,12,17,20H,11H2,1-2H3,(H,23,24). The number of amides is 1. The van der Waals surface area contributed by atoms with Gasteiger partial charge in [0, 0.05) is 24.3 Å². The van der Waals surface area contributed by atoms with Crippen LogP contribution in [0, 0.1) is 0 Å². The van der Waals surface area contributed by atoms with E-state index in [0.29, 0.717) is 12.1 Å². The van der Waals surface area contributed by atoms with Gasteiger partial charge < -0.3 is 15.3 Å². The molecule has 124 valence electrons.